The van der Waals surface area contributed by atoms with Crippen LogP contribution in [0.15, 0.2) is 46.6 Å². The molecule has 1 amide bonds. The van der Waals surface area contributed by atoms with Gasteiger partial charge in [-0.3, -0.25) is 9.69 Å². The molecule has 0 bridgehead atoms. The standard InChI is InChI=1S/C19H16BrFN2O3S/c1-23-18(24)15(22-19(23)27)7-12-8-16(25-2)17(9-14(12)20)26-10-11-3-5-13(21)6-4-11/h3-9H,10H2,1-2H3,(H,22,27). The number of hydrogen-bond donors (Lipinski definition) is 1. The highest BCUT2D eigenvalue weighted by atomic mass is 79.9. The number of nitrogens with one attached hydrogen (secondary N) is 1. The average molecular weight is 451 g/mol. The molecule has 1 saturated heterocycles. The number of thiocarbonyl (C=S) groups is 1. The van der Waals surface area contributed by atoms with E-state index in [1.54, 1.807) is 37.4 Å². The van der Waals surface area contributed by atoms with Crippen molar-refractivity contribution in [1.82, 2.24) is 10.2 Å². The van der Waals surface area contributed by atoms with Gasteiger partial charge in [0.15, 0.2) is 16.6 Å². The fourth-order valence-electron chi connectivity index (χ4n) is 2.45. The molecular formula is C19H16BrFN2O3S. The van der Waals surface area contributed by atoms with Crippen molar-refractivity contribution in [3.05, 3.63) is 63.5 Å². The molecule has 8 heteroatoms. The maximum atomic E-state index is 13.0. The molecular weight excluding hydrogens is 435 g/mol. The lowest BCUT2D eigenvalue weighted by Gasteiger charge is -2.13. The number of halogens is 2. The van der Waals surface area contributed by atoms with Crippen molar-refractivity contribution in [3.8, 4) is 11.5 Å². The van der Waals surface area contributed by atoms with E-state index >= 15 is 0 Å². The molecule has 0 radical (unpaired) electrons. The van der Waals surface area contributed by atoms with Crippen molar-refractivity contribution >= 4 is 45.2 Å². The molecule has 2 aromatic rings. The fraction of sp³-hybridized carbons (Fsp3) is 0.158. The lowest BCUT2D eigenvalue weighted by molar-refractivity contribution is -0.121. The number of amides is 1. The third-order valence-corrected chi connectivity index (χ3v) is 5.03. The summed E-state index contributed by atoms with van der Waals surface area (Å²) >= 11 is 8.57. The molecule has 0 atom stereocenters. The first-order chi connectivity index (χ1) is 12.9. The van der Waals surface area contributed by atoms with E-state index in [-0.39, 0.29) is 18.3 Å². The van der Waals surface area contributed by atoms with E-state index < -0.39 is 0 Å². The summed E-state index contributed by atoms with van der Waals surface area (Å²) in [5, 5.41) is 3.23. The van der Waals surface area contributed by atoms with Crippen molar-refractivity contribution in [3.63, 3.8) is 0 Å². The predicted octanol–water partition coefficient (Wildman–Crippen LogP) is 3.86. The topological polar surface area (TPSA) is 50.8 Å². The molecule has 27 heavy (non-hydrogen) atoms. The first-order valence-electron chi connectivity index (χ1n) is 7.94. The second kappa shape index (κ2) is 8.06. The number of ether oxygens (including phenoxy) is 2. The van der Waals surface area contributed by atoms with Crippen LogP contribution in [0.4, 0.5) is 4.39 Å². The minimum Gasteiger partial charge on any atom is -0.493 e. The molecule has 0 spiro atoms. The minimum absolute atomic E-state index is 0.206. The highest BCUT2D eigenvalue weighted by Gasteiger charge is 2.27. The second-order valence-corrected chi connectivity index (χ2v) is 7.03. The third-order valence-electron chi connectivity index (χ3n) is 3.97. The third kappa shape index (κ3) is 4.28. The summed E-state index contributed by atoms with van der Waals surface area (Å²) in [5.41, 5.74) is 1.94. The van der Waals surface area contributed by atoms with Crippen molar-refractivity contribution in [2.45, 2.75) is 6.61 Å². The number of hydrogen-bond acceptors (Lipinski definition) is 4. The van der Waals surface area contributed by atoms with E-state index in [9.17, 15) is 9.18 Å². The van der Waals surface area contributed by atoms with Gasteiger partial charge in [0.25, 0.3) is 5.91 Å². The Hall–Kier alpha value is -2.45. The van der Waals surface area contributed by atoms with Crippen LogP contribution in [-0.4, -0.2) is 30.1 Å². The van der Waals surface area contributed by atoms with Gasteiger partial charge < -0.3 is 14.8 Å². The monoisotopic (exact) mass is 450 g/mol. The van der Waals surface area contributed by atoms with Crippen LogP contribution in [0.5, 0.6) is 11.5 Å². The predicted molar refractivity (Wildman–Crippen MR) is 108 cm³/mol. The Kier molecular flexibility index (Phi) is 5.76. The van der Waals surface area contributed by atoms with Crippen LogP contribution in [0.3, 0.4) is 0 Å². The zero-order valence-electron chi connectivity index (χ0n) is 14.6. The number of carbonyl (C=O) groups excluding carboxylic acids is 1. The summed E-state index contributed by atoms with van der Waals surface area (Å²) in [6.45, 7) is 0.266. The highest BCUT2D eigenvalue weighted by molar-refractivity contribution is 9.10. The first kappa shape index (κ1) is 19.3. The molecule has 1 fully saturated rings. The van der Waals surface area contributed by atoms with Crippen molar-refractivity contribution in [1.29, 1.82) is 0 Å². The largest absolute Gasteiger partial charge is 0.493 e. The molecule has 1 N–H and O–H groups in total. The molecule has 5 nitrogen and oxygen atoms in total. The van der Waals surface area contributed by atoms with Crippen molar-refractivity contribution in [2.24, 2.45) is 0 Å². The molecule has 0 unspecified atom stereocenters. The summed E-state index contributed by atoms with van der Waals surface area (Å²) < 4.78 is 24.9. The molecule has 140 valence electrons. The number of likely N-dealkylation sites (N-methyl/N-ethyl adjacent to an activating group) is 1. The van der Waals surface area contributed by atoms with Crippen molar-refractivity contribution < 1.29 is 18.7 Å². The Labute approximate surface area is 169 Å². The Morgan fingerprint density at radius 2 is 1.96 bits per heavy atom. The lowest BCUT2D eigenvalue weighted by atomic mass is 10.1. The first-order valence-corrected chi connectivity index (χ1v) is 9.14. The zero-order chi connectivity index (χ0) is 19.6. The fourth-order valence-corrected chi connectivity index (χ4v) is 3.08. The van der Waals surface area contributed by atoms with Crippen LogP contribution in [0.25, 0.3) is 6.08 Å². The van der Waals surface area contributed by atoms with Gasteiger partial charge in [0, 0.05) is 11.5 Å². The zero-order valence-corrected chi connectivity index (χ0v) is 17.0. The van der Waals surface area contributed by atoms with Crippen molar-refractivity contribution in [2.75, 3.05) is 14.2 Å². The molecule has 1 aliphatic rings. The van der Waals surface area contributed by atoms with Gasteiger partial charge in [-0.15, -0.1) is 0 Å². The summed E-state index contributed by atoms with van der Waals surface area (Å²) in [4.78, 5) is 13.5. The molecule has 0 aromatic heterocycles. The Bertz CT molecular complexity index is 931. The van der Waals surface area contributed by atoms with Gasteiger partial charge >= 0.3 is 0 Å². The summed E-state index contributed by atoms with van der Waals surface area (Å²) in [7, 11) is 3.15. The highest BCUT2D eigenvalue weighted by Crippen LogP contribution is 2.35. The van der Waals surface area contributed by atoms with Gasteiger partial charge in [-0.2, -0.15) is 0 Å². The lowest BCUT2D eigenvalue weighted by Crippen LogP contribution is -2.25. The van der Waals surface area contributed by atoms with Crippen LogP contribution < -0.4 is 14.8 Å². The SMILES string of the molecule is COc1cc(C=C2NC(=S)N(C)C2=O)c(Br)cc1OCc1ccc(F)cc1. The molecule has 1 aliphatic heterocycles. The minimum atomic E-state index is -0.295. The molecule has 2 aromatic carbocycles. The maximum Gasteiger partial charge on any atom is 0.276 e. The van der Waals surface area contributed by atoms with E-state index in [0.29, 0.717) is 22.3 Å². The number of methoxy groups -OCH3 is 1. The van der Waals surface area contributed by atoms with Crippen LogP contribution >= 0.6 is 28.1 Å². The number of nitrogens with zero attached hydrogens (tertiary/aromatic N) is 1. The number of rotatable bonds is 5. The molecule has 0 saturated carbocycles. The molecule has 0 aliphatic carbocycles. The van der Waals surface area contributed by atoms with Gasteiger partial charge in [0.2, 0.25) is 0 Å². The average Bonchev–Trinajstić information content (AvgIpc) is 2.89. The summed E-state index contributed by atoms with van der Waals surface area (Å²) in [5.74, 6) is 0.530. The number of carbonyl (C=O) groups is 1. The Morgan fingerprint density at radius 3 is 2.56 bits per heavy atom. The molecule has 3 rings (SSSR count). The van der Waals surface area contributed by atoms with Gasteiger partial charge in [-0.05, 0) is 53.7 Å². The van der Waals surface area contributed by atoms with Crippen LogP contribution in [0, 0.1) is 5.82 Å². The van der Waals surface area contributed by atoms with Gasteiger partial charge in [-0.25, -0.2) is 4.39 Å². The van der Waals surface area contributed by atoms with Gasteiger partial charge in [0.05, 0.1) is 7.11 Å². The second-order valence-electron chi connectivity index (χ2n) is 5.79. The van der Waals surface area contributed by atoms with Gasteiger partial charge in [-0.1, -0.05) is 28.1 Å². The normalized spacial score (nSPS) is 15.3. The Balaban J connectivity index is 1.84. The van der Waals surface area contributed by atoms with Crippen LogP contribution in [0.1, 0.15) is 11.1 Å². The quantitative estimate of drug-likeness (QED) is 0.553. The number of benzene rings is 2. The van der Waals surface area contributed by atoms with E-state index in [1.807, 2.05) is 0 Å². The van der Waals surface area contributed by atoms with Crippen LogP contribution in [-0.2, 0) is 11.4 Å². The molecule has 1 heterocycles. The van der Waals surface area contributed by atoms with Gasteiger partial charge in [0.1, 0.15) is 18.1 Å². The summed E-state index contributed by atoms with van der Waals surface area (Å²) in [6.07, 6.45) is 1.69. The van der Waals surface area contributed by atoms with E-state index in [2.05, 4.69) is 21.2 Å². The Morgan fingerprint density at radius 1 is 1.26 bits per heavy atom. The van der Waals surface area contributed by atoms with E-state index in [4.69, 9.17) is 21.7 Å². The maximum absolute atomic E-state index is 13.0. The smallest absolute Gasteiger partial charge is 0.276 e. The van der Waals surface area contributed by atoms with E-state index in [1.165, 1.54) is 24.1 Å². The van der Waals surface area contributed by atoms with E-state index in [0.717, 1.165) is 15.6 Å². The van der Waals surface area contributed by atoms with Crippen LogP contribution in [0.2, 0.25) is 0 Å². The summed E-state index contributed by atoms with van der Waals surface area (Å²) in [6, 6.07) is 9.60.